The van der Waals surface area contributed by atoms with Crippen LogP contribution in [-0.2, 0) is 11.2 Å². The van der Waals surface area contributed by atoms with E-state index in [2.05, 4.69) is 28.2 Å². The first-order valence-electron chi connectivity index (χ1n) is 9.24. The fourth-order valence-corrected chi connectivity index (χ4v) is 3.14. The minimum absolute atomic E-state index is 0.118. The second kappa shape index (κ2) is 13.6. The maximum atomic E-state index is 11.9. The molecule has 0 atom stereocenters. The monoisotopic (exact) mass is 381 g/mol. The molecule has 3 heteroatoms. The molecule has 0 bridgehead atoms. The summed E-state index contributed by atoms with van der Waals surface area (Å²) in [6, 6.07) is 7.90. The Morgan fingerprint density at radius 1 is 0.913 bits per heavy atom. The van der Waals surface area contributed by atoms with E-state index in [9.17, 15) is 4.79 Å². The highest BCUT2D eigenvalue weighted by Crippen LogP contribution is 2.16. The van der Waals surface area contributed by atoms with Gasteiger partial charge in [-0.3, -0.25) is 4.79 Å². The van der Waals surface area contributed by atoms with E-state index in [1.807, 2.05) is 24.3 Å². The second-order valence-electron chi connectivity index (χ2n) is 6.30. The summed E-state index contributed by atoms with van der Waals surface area (Å²) in [5, 5.41) is 3.02. The molecule has 1 aromatic carbocycles. The third-order valence-corrected chi connectivity index (χ3v) is 4.93. The van der Waals surface area contributed by atoms with E-state index >= 15 is 0 Å². The zero-order valence-electron chi connectivity index (χ0n) is 14.6. The summed E-state index contributed by atoms with van der Waals surface area (Å²) >= 11 is 3.48. The first kappa shape index (κ1) is 20.2. The molecule has 0 heterocycles. The first-order chi connectivity index (χ1) is 11.2. The fraction of sp³-hybridized carbons (Fsp3) is 0.650. The highest BCUT2D eigenvalue weighted by Gasteiger charge is 2.05. The molecule has 0 aromatic heterocycles. The highest BCUT2D eigenvalue weighted by molar-refractivity contribution is 9.10. The zero-order valence-corrected chi connectivity index (χ0v) is 16.2. The van der Waals surface area contributed by atoms with E-state index in [0.717, 1.165) is 23.0 Å². The van der Waals surface area contributed by atoms with Crippen LogP contribution in [0.5, 0.6) is 0 Å². The topological polar surface area (TPSA) is 29.1 Å². The summed E-state index contributed by atoms with van der Waals surface area (Å²) in [5.74, 6) is 0.118. The van der Waals surface area contributed by atoms with Crippen molar-refractivity contribution < 1.29 is 4.79 Å². The van der Waals surface area contributed by atoms with Crippen molar-refractivity contribution in [2.75, 3.05) is 6.54 Å². The molecule has 0 fully saturated rings. The molecule has 1 aromatic rings. The van der Waals surface area contributed by atoms with Gasteiger partial charge in [0.05, 0.1) is 6.42 Å². The van der Waals surface area contributed by atoms with Crippen molar-refractivity contribution in [2.45, 2.75) is 77.6 Å². The fourth-order valence-electron chi connectivity index (χ4n) is 2.72. The van der Waals surface area contributed by atoms with Crippen LogP contribution in [0.2, 0.25) is 0 Å². The predicted octanol–water partition coefficient (Wildman–Crippen LogP) is 6.03. The van der Waals surface area contributed by atoms with Crippen molar-refractivity contribution in [3.63, 3.8) is 0 Å². The number of hydrogen-bond acceptors (Lipinski definition) is 1. The Morgan fingerprint density at radius 3 is 2.09 bits per heavy atom. The molecule has 0 spiro atoms. The van der Waals surface area contributed by atoms with Gasteiger partial charge in [-0.2, -0.15) is 0 Å². The maximum absolute atomic E-state index is 11.9. The van der Waals surface area contributed by atoms with Crippen LogP contribution in [0.1, 0.15) is 76.7 Å². The number of amides is 1. The molecule has 1 rings (SSSR count). The summed E-state index contributed by atoms with van der Waals surface area (Å²) in [7, 11) is 0. The van der Waals surface area contributed by atoms with Gasteiger partial charge in [-0.1, -0.05) is 98.8 Å². The number of benzene rings is 1. The van der Waals surface area contributed by atoms with Gasteiger partial charge in [-0.15, -0.1) is 0 Å². The van der Waals surface area contributed by atoms with Gasteiger partial charge in [0, 0.05) is 11.0 Å². The van der Waals surface area contributed by atoms with Crippen LogP contribution < -0.4 is 5.32 Å². The van der Waals surface area contributed by atoms with Crippen LogP contribution in [-0.4, -0.2) is 12.5 Å². The van der Waals surface area contributed by atoms with E-state index in [-0.39, 0.29) is 5.91 Å². The van der Waals surface area contributed by atoms with Gasteiger partial charge in [0.2, 0.25) is 5.91 Å². The van der Waals surface area contributed by atoms with Crippen LogP contribution in [0.4, 0.5) is 0 Å². The van der Waals surface area contributed by atoms with Crippen molar-refractivity contribution in [3.05, 3.63) is 34.3 Å². The van der Waals surface area contributed by atoms with Gasteiger partial charge in [-0.25, -0.2) is 0 Å². The lowest BCUT2D eigenvalue weighted by Crippen LogP contribution is -2.26. The number of nitrogens with one attached hydrogen (secondary N) is 1. The summed E-state index contributed by atoms with van der Waals surface area (Å²) < 4.78 is 1.01. The largest absolute Gasteiger partial charge is 0.356 e. The van der Waals surface area contributed by atoms with Crippen molar-refractivity contribution in [3.8, 4) is 0 Å². The Morgan fingerprint density at radius 2 is 1.48 bits per heavy atom. The average molecular weight is 382 g/mol. The average Bonchev–Trinajstić information content (AvgIpc) is 2.55. The number of halogens is 1. The molecule has 1 amide bonds. The molecular weight excluding hydrogens is 350 g/mol. The Bertz CT molecular complexity index is 433. The van der Waals surface area contributed by atoms with E-state index in [1.54, 1.807) is 0 Å². The highest BCUT2D eigenvalue weighted by atomic mass is 79.9. The van der Waals surface area contributed by atoms with Gasteiger partial charge in [0.1, 0.15) is 0 Å². The summed E-state index contributed by atoms with van der Waals surface area (Å²) in [4.78, 5) is 11.9. The van der Waals surface area contributed by atoms with Crippen molar-refractivity contribution in [2.24, 2.45) is 0 Å². The van der Waals surface area contributed by atoms with Gasteiger partial charge in [0.25, 0.3) is 0 Å². The molecular formula is C20H32BrNO. The summed E-state index contributed by atoms with van der Waals surface area (Å²) in [5.41, 5.74) is 1.05. The third-order valence-electron chi connectivity index (χ3n) is 4.16. The van der Waals surface area contributed by atoms with Crippen molar-refractivity contribution in [1.82, 2.24) is 5.32 Å². The lowest BCUT2D eigenvalue weighted by molar-refractivity contribution is -0.120. The molecule has 130 valence electrons. The molecule has 2 nitrogen and oxygen atoms in total. The molecule has 0 unspecified atom stereocenters. The standard InChI is InChI=1S/C20H32BrNO/c1-2-3-4-5-6-7-8-9-10-13-16-22-20(23)17-18-14-11-12-15-19(18)21/h11-12,14-15H,2-10,13,16-17H2,1H3,(H,22,23). The summed E-state index contributed by atoms with van der Waals surface area (Å²) in [6.45, 7) is 3.07. The van der Waals surface area contributed by atoms with Crippen LogP contribution in [0.3, 0.4) is 0 Å². The van der Waals surface area contributed by atoms with E-state index < -0.39 is 0 Å². The van der Waals surface area contributed by atoms with Gasteiger partial charge >= 0.3 is 0 Å². The van der Waals surface area contributed by atoms with Gasteiger partial charge in [0.15, 0.2) is 0 Å². The predicted molar refractivity (Wildman–Crippen MR) is 103 cm³/mol. The number of carbonyl (C=O) groups excluding carboxylic acids is 1. The number of unbranched alkanes of at least 4 members (excludes halogenated alkanes) is 9. The molecule has 23 heavy (non-hydrogen) atoms. The minimum atomic E-state index is 0.118. The van der Waals surface area contributed by atoms with E-state index in [1.165, 1.54) is 57.8 Å². The quantitative estimate of drug-likeness (QED) is 0.415. The first-order valence-corrected chi connectivity index (χ1v) is 10.0. The normalized spacial score (nSPS) is 10.7. The van der Waals surface area contributed by atoms with Crippen molar-refractivity contribution >= 4 is 21.8 Å². The molecule has 1 N–H and O–H groups in total. The van der Waals surface area contributed by atoms with Crippen LogP contribution in [0.15, 0.2) is 28.7 Å². The molecule has 0 radical (unpaired) electrons. The zero-order chi connectivity index (χ0) is 16.8. The molecule has 0 saturated heterocycles. The lowest BCUT2D eigenvalue weighted by Gasteiger charge is -2.07. The van der Waals surface area contributed by atoms with Crippen molar-refractivity contribution in [1.29, 1.82) is 0 Å². The summed E-state index contributed by atoms with van der Waals surface area (Å²) in [6.07, 6.45) is 13.7. The SMILES string of the molecule is CCCCCCCCCCCCNC(=O)Cc1ccccc1Br. The number of rotatable bonds is 13. The smallest absolute Gasteiger partial charge is 0.224 e. The van der Waals surface area contributed by atoms with Gasteiger partial charge < -0.3 is 5.32 Å². The molecule has 0 saturated carbocycles. The Labute approximate surface area is 150 Å². The molecule has 0 aliphatic carbocycles. The van der Waals surface area contributed by atoms with Crippen LogP contribution >= 0.6 is 15.9 Å². The lowest BCUT2D eigenvalue weighted by atomic mass is 10.1. The van der Waals surface area contributed by atoms with Gasteiger partial charge in [-0.05, 0) is 18.1 Å². The number of hydrogen-bond donors (Lipinski definition) is 1. The Kier molecular flexibility index (Phi) is 11.9. The van der Waals surface area contributed by atoms with Crippen LogP contribution in [0.25, 0.3) is 0 Å². The Hall–Kier alpha value is -0.830. The maximum Gasteiger partial charge on any atom is 0.224 e. The molecule has 0 aliphatic rings. The minimum Gasteiger partial charge on any atom is -0.356 e. The third kappa shape index (κ3) is 10.5. The second-order valence-corrected chi connectivity index (χ2v) is 7.15. The Balaban J connectivity index is 1.93. The van der Waals surface area contributed by atoms with E-state index in [0.29, 0.717) is 6.42 Å². The number of carbonyl (C=O) groups is 1. The van der Waals surface area contributed by atoms with E-state index in [4.69, 9.17) is 0 Å². The molecule has 0 aliphatic heterocycles. The van der Waals surface area contributed by atoms with Crippen LogP contribution in [0, 0.1) is 0 Å².